The molecule has 0 aromatic heterocycles. The van der Waals surface area contributed by atoms with Gasteiger partial charge in [0.05, 0.1) is 12.2 Å². The van der Waals surface area contributed by atoms with Crippen LogP contribution >= 0.6 is 0 Å². The number of benzene rings is 2. The van der Waals surface area contributed by atoms with Crippen LogP contribution in [0.5, 0.6) is 0 Å². The first-order chi connectivity index (χ1) is 14.8. The van der Waals surface area contributed by atoms with E-state index in [9.17, 15) is 10.2 Å². The lowest BCUT2D eigenvalue weighted by Crippen LogP contribution is -2.13. The Morgan fingerprint density at radius 2 is 1.10 bits per heavy atom. The van der Waals surface area contributed by atoms with E-state index < -0.39 is 12.2 Å². The molecule has 0 spiro atoms. The van der Waals surface area contributed by atoms with Crippen LogP contribution in [-0.2, 0) is 6.42 Å². The van der Waals surface area contributed by atoms with Gasteiger partial charge in [0.1, 0.15) is 0 Å². The quantitative estimate of drug-likeness (QED) is 0.411. The summed E-state index contributed by atoms with van der Waals surface area (Å²) in [6, 6.07) is 12.9. The van der Waals surface area contributed by atoms with Crippen LogP contribution in [0.15, 0.2) is 36.4 Å². The summed E-state index contributed by atoms with van der Waals surface area (Å²) in [7, 11) is 8.35. The number of rotatable bonds is 12. The lowest BCUT2D eigenvalue weighted by molar-refractivity contribution is 0.162. The zero-order chi connectivity index (χ0) is 22.4. The Balaban J connectivity index is 1.59. The second kappa shape index (κ2) is 11.2. The van der Waals surface area contributed by atoms with E-state index in [2.05, 4.69) is 74.4 Å². The Kier molecular flexibility index (Phi) is 8.67. The molecule has 2 N–H and O–H groups in total. The molecule has 1 aliphatic rings. The van der Waals surface area contributed by atoms with Crippen LogP contribution in [0.25, 0.3) is 11.1 Å². The summed E-state index contributed by atoms with van der Waals surface area (Å²) in [5, 5.41) is 21.3. The van der Waals surface area contributed by atoms with Crippen molar-refractivity contribution in [1.29, 1.82) is 0 Å². The van der Waals surface area contributed by atoms with Crippen LogP contribution in [0.2, 0.25) is 0 Å². The van der Waals surface area contributed by atoms with E-state index in [-0.39, 0.29) is 0 Å². The molecule has 170 valence electrons. The highest BCUT2D eigenvalue weighted by Gasteiger charge is 2.21. The maximum absolute atomic E-state index is 10.6. The van der Waals surface area contributed by atoms with E-state index in [4.69, 9.17) is 0 Å². The van der Waals surface area contributed by atoms with Gasteiger partial charge in [-0.15, -0.1) is 0 Å². The fourth-order valence-corrected chi connectivity index (χ4v) is 4.53. The molecule has 1 aliphatic carbocycles. The van der Waals surface area contributed by atoms with Gasteiger partial charge in [-0.05, 0) is 120 Å². The molecule has 0 saturated carbocycles. The average Bonchev–Trinajstić information content (AvgIpc) is 3.10. The largest absolute Gasteiger partial charge is 0.388 e. The maximum atomic E-state index is 10.6. The van der Waals surface area contributed by atoms with Crippen molar-refractivity contribution in [2.75, 3.05) is 41.3 Å². The predicted molar refractivity (Wildman–Crippen MR) is 129 cm³/mol. The SMILES string of the molecule is CN(C)CCCCC(O)c1ccc2c(c1)Cc1cc(C(O)CCCCN(C)C)ccc1-2. The molecule has 4 nitrogen and oxygen atoms in total. The Bertz CT molecular complexity index is 778. The number of aliphatic hydroxyl groups is 2. The van der Waals surface area contributed by atoms with Crippen molar-refractivity contribution in [2.24, 2.45) is 0 Å². The number of nitrogens with zero attached hydrogens (tertiary/aromatic N) is 2. The zero-order valence-electron chi connectivity index (χ0n) is 19.8. The monoisotopic (exact) mass is 424 g/mol. The Hall–Kier alpha value is -1.72. The number of aliphatic hydroxyl groups excluding tert-OH is 2. The van der Waals surface area contributed by atoms with E-state index in [1.54, 1.807) is 0 Å². The summed E-state index contributed by atoms with van der Waals surface area (Å²) in [5.41, 5.74) is 7.17. The van der Waals surface area contributed by atoms with Crippen LogP contribution in [0.1, 0.15) is 73.0 Å². The van der Waals surface area contributed by atoms with Gasteiger partial charge < -0.3 is 20.0 Å². The molecule has 0 heterocycles. The molecule has 31 heavy (non-hydrogen) atoms. The zero-order valence-corrected chi connectivity index (χ0v) is 19.8. The fourth-order valence-electron chi connectivity index (χ4n) is 4.53. The van der Waals surface area contributed by atoms with Crippen molar-refractivity contribution >= 4 is 0 Å². The van der Waals surface area contributed by atoms with Gasteiger partial charge in [0.25, 0.3) is 0 Å². The molecule has 0 bridgehead atoms. The molecule has 3 rings (SSSR count). The lowest BCUT2D eigenvalue weighted by Gasteiger charge is -2.14. The summed E-state index contributed by atoms with van der Waals surface area (Å²) in [6.07, 6.45) is 6.01. The van der Waals surface area contributed by atoms with Crippen LogP contribution < -0.4 is 0 Å². The van der Waals surface area contributed by atoms with Gasteiger partial charge in [-0.2, -0.15) is 0 Å². The molecule has 2 unspecified atom stereocenters. The summed E-state index contributed by atoms with van der Waals surface area (Å²) in [6.45, 7) is 2.13. The highest BCUT2D eigenvalue weighted by Crippen LogP contribution is 2.39. The van der Waals surface area contributed by atoms with Gasteiger partial charge in [0.2, 0.25) is 0 Å². The lowest BCUT2D eigenvalue weighted by atomic mass is 9.97. The number of hydrogen-bond acceptors (Lipinski definition) is 4. The fraction of sp³-hybridized carbons (Fsp3) is 0.556. The summed E-state index contributed by atoms with van der Waals surface area (Å²) < 4.78 is 0. The molecule has 0 fully saturated rings. The van der Waals surface area contributed by atoms with Crippen molar-refractivity contribution in [3.8, 4) is 11.1 Å². The van der Waals surface area contributed by atoms with Gasteiger partial charge in [0.15, 0.2) is 0 Å². The second-order valence-electron chi connectivity index (χ2n) is 9.64. The third-order valence-corrected chi connectivity index (χ3v) is 6.36. The number of hydrogen-bond donors (Lipinski definition) is 2. The molecular formula is C27H40N2O2. The average molecular weight is 425 g/mol. The van der Waals surface area contributed by atoms with Crippen LogP contribution in [0, 0.1) is 0 Å². The predicted octanol–water partition coefficient (Wildman–Crippen LogP) is 4.79. The highest BCUT2D eigenvalue weighted by atomic mass is 16.3. The Labute approximate surface area is 188 Å². The summed E-state index contributed by atoms with van der Waals surface area (Å²) in [4.78, 5) is 4.38. The van der Waals surface area contributed by atoms with Crippen LogP contribution in [-0.4, -0.2) is 61.3 Å². The minimum Gasteiger partial charge on any atom is -0.388 e. The minimum absolute atomic E-state index is 0.393. The summed E-state index contributed by atoms with van der Waals surface area (Å²) >= 11 is 0. The van der Waals surface area contributed by atoms with E-state index in [1.807, 2.05) is 0 Å². The van der Waals surface area contributed by atoms with Gasteiger partial charge in [0, 0.05) is 0 Å². The van der Waals surface area contributed by atoms with E-state index in [0.717, 1.165) is 69.2 Å². The Morgan fingerprint density at radius 3 is 1.48 bits per heavy atom. The van der Waals surface area contributed by atoms with E-state index in [0.29, 0.717) is 0 Å². The normalized spacial score (nSPS) is 14.7. The van der Waals surface area contributed by atoms with Crippen molar-refractivity contribution in [3.63, 3.8) is 0 Å². The maximum Gasteiger partial charge on any atom is 0.0790 e. The van der Waals surface area contributed by atoms with Crippen molar-refractivity contribution < 1.29 is 10.2 Å². The molecule has 0 saturated heterocycles. The van der Waals surface area contributed by atoms with Gasteiger partial charge in [-0.1, -0.05) is 36.4 Å². The van der Waals surface area contributed by atoms with Crippen LogP contribution in [0.3, 0.4) is 0 Å². The van der Waals surface area contributed by atoms with Gasteiger partial charge in [-0.3, -0.25) is 0 Å². The first kappa shape index (κ1) is 23.9. The van der Waals surface area contributed by atoms with E-state index in [1.165, 1.54) is 22.3 Å². The van der Waals surface area contributed by atoms with Crippen LogP contribution in [0.4, 0.5) is 0 Å². The molecule has 2 aromatic rings. The molecular weight excluding hydrogens is 384 g/mol. The number of fused-ring (bicyclic) bond motifs is 3. The third kappa shape index (κ3) is 6.63. The van der Waals surface area contributed by atoms with E-state index >= 15 is 0 Å². The molecule has 2 atom stereocenters. The van der Waals surface area contributed by atoms with Crippen molar-refractivity contribution in [3.05, 3.63) is 58.7 Å². The second-order valence-corrected chi connectivity index (χ2v) is 9.64. The van der Waals surface area contributed by atoms with Crippen molar-refractivity contribution in [1.82, 2.24) is 9.80 Å². The number of unbranched alkanes of at least 4 members (excludes halogenated alkanes) is 2. The standard InChI is InChI=1S/C27H40N2O2/c1-28(2)15-7-5-9-26(30)20-11-13-24-22(17-20)19-23-18-21(12-14-25(23)24)27(31)10-6-8-16-29(3)4/h11-14,17-18,26-27,30-31H,5-10,15-16,19H2,1-4H3. The smallest absolute Gasteiger partial charge is 0.0790 e. The molecule has 0 aliphatic heterocycles. The Morgan fingerprint density at radius 1 is 0.677 bits per heavy atom. The molecule has 2 aromatic carbocycles. The molecule has 4 heteroatoms. The molecule has 0 radical (unpaired) electrons. The summed E-state index contributed by atoms with van der Waals surface area (Å²) in [5.74, 6) is 0. The van der Waals surface area contributed by atoms with Gasteiger partial charge in [-0.25, -0.2) is 0 Å². The topological polar surface area (TPSA) is 46.9 Å². The third-order valence-electron chi connectivity index (χ3n) is 6.36. The van der Waals surface area contributed by atoms with Crippen molar-refractivity contribution in [2.45, 2.75) is 57.2 Å². The first-order valence-electron chi connectivity index (χ1n) is 11.8. The molecule has 0 amide bonds. The minimum atomic E-state index is -0.393. The highest BCUT2D eigenvalue weighted by molar-refractivity contribution is 5.77. The van der Waals surface area contributed by atoms with Gasteiger partial charge >= 0.3 is 0 Å². The first-order valence-corrected chi connectivity index (χ1v) is 11.8.